The molecule has 0 saturated heterocycles. The second kappa shape index (κ2) is 7.83. The lowest BCUT2D eigenvalue weighted by molar-refractivity contribution is 0.464. The van der Waals surface area contributed by atoms with Crippen LogP contribution in [-0.2, 0) is 11.2 Å². The van der Waals surface area contributed by atoms with E-state index >= 15 is 0 Å². The topological polar surface area (TPSA) is 77.8 Å². The molecule has 0 unspecified atom stereocenters. The molecule has 0 saturated carbocycles. The van der Waals surface area contributed by atoms with Crippen LogP contribution in [0.4, 0.5) is 0 Å². The lowest BCUT2D eigenvalue weighted by Gasteiger charge is -2.18. The molecule has 148 valence electrons. The number of hydrogen-bond donors (Lipinski definition) is 0. The van der Waals surface area contributed by atoms with Gasteiger partial charge < -0.3 is 8.83 Å². The van der Waals surface area contributed by atoms with Gasteiger partial charge >= 0.3 is 0 Å². The van der Waals surface area contributed by atoms with Crippen LogP contribution in [0.25, 0.3) is 22.9 Å². The highest BCUT2D eigenvalue weighted by Gasteiger charge is 2.16. The van der Waals surface area contributed by atoms with Crippen molar-refractivity contribution in [3.63, 3.8) is 0 Å². The van der Waals surface area contributed by atoms with E-state index in [2.05, 4.69) is 53.3 Å². The largest absolute Gasteiger partial charge is 0.420 e. The molecule has 0 aliphatic carbocycles. The predicted molar refractivity (Wildman–Crippen MR) is 112 cm³/mol. The monoisotopic (exact) mass is 406 g/mol. The normalized spacial score (nSPS) is 11.7. The highest BCUT2D eigenvalue weighted by atomic mass is 32.2. The molecule has 4 aromatic rings. The van der Waals surface area contributed by atoms with Gasteiger partial charge in [-0.3, -0.25) is 0 Å². The maximum Gasteiger partial charge on any atom is 0.277 e. The highest BCUT2D eigenvalue weighted by Crippen LogP contribution is 2.28. The highest BCUT2D eigenvalue weighted by molar-refractivity contribution is 7.98. The molecule has 7 heteroatoms. The standard InChI is InChI=1S/C22H22N4O2S/c1-14-5-7-15(8-6-14)19-24-23-18(27-19)13-29-21-26-25-20(28-21)16-9-11-17(12-10-16)22(2,3)4/h5-12H,13H2,1-4H3. The molecule has 2 heterocycles. The van der Waals surface area contributed by atoms with Gasteiger partial charge in [-0.2, -0.15) is 0 Å². The summed E-state index contributed by atoms with van der Waals surface area (Å²) in [5.74, 6) is 1.98. The van der Waals surface area contributed by atoms with Crippen molar-refractivity contribution in [2.75, 3.05) is 0 Å². The van der Waals surface area contributed by atoms with Crippen molar-refractivity contribution in [3.8, 4) is 22.9 Å². The van der Waals surface area contributed by atoms with E-state index in [9.17, 15) is 0 Å². The minimum absolute atomic E-state index is 0.107. The zero-order valence-electron chi connectivity index (χ0n) is 16.8. The molecule has 4 rings (SSSR count). The van der Waals surface area contributed by atoms with E-state index in [1.54, 1.807) is 0 Å². The number of aromatic nitrogens is 4. The molecule has 0 amide bonds. The fourth-order valence-corrected chi connectivity index (χ4v) is 3.35. The number of rotatable bonds is 5. The minimum atomic E-state index is 0.107. The molecular formula is C22H22N4O2S. The Balaban J connectivity index is 1.40. The summed E-state index contributed by atoms with van der Waals surface area (Å²) in [7, 11) is 0. The molecule has 6 nitrogen and oxygen atoms in total. The predicted octanol–water partition coefficient (Wildman–Crippen LogP) is 5.68. The summed E-state index contributed by atoms with van der Waals surface area (Å²) in [6.45, 7) is 8.60. The van der Waals surface area contributed by atoms with Crippen LogP contribution in [0.1, 0.15) is 37.8 Å². The van der Waals surface area contributed by atoms with E-state index in [1.807, 2.05) is 43.3 Å². The van der Waals surface area contributed by atoms with E-state index in [1.165, 1.54) is 22.9 Å². The van der Waals surface area contributed by atoms with E-state index in [0.717, 1.165) is 11.1 Å². The summed E-state index contributed by atoms with van der Waals surface area (Å²) in [5.41, 5.74) is 4.35. The Morgan fingerprint density at radius 1 is 0.759 bits per heavy atom. The first-order valence-corrected chi connectivity index (χ1v) is 10.3. The molecule has 0 aliphatic heterocycles. The van der Waals surface area contributed by atoms with Crippen molar-refractivity contribution in [1.82, 2.24) is 20.4 Å². The Morgan fingerprint density at radius 3 is 2.00 bits per heavy atom. The van der Waals surface area contributed by atoms with E-state index < -0.39 is 0 Å². The summed E-state index contributed by atoms with van der Waals surface area (Å²) in [6.07, 6.45) is 0. The molecule has 0 atom stereocenters. The Morgan fingerprint density at radius 2 is 1.34 bits per heavy atom. The van der Waals surface area contributed by atoms with Gasteiger partial charge in [0, 0.05) is 11.1 Å². The van der Waals surface area contributed by atoms with Gasteiger partial charge in [0.2, 0.25) is 17.7 Å². The fraction of sp³-hybridized carbons (Fsp3) is 0.273. The van der Waals surface area contributed by atoms with Crippen molar-refractivity contribution in [2.45, 2.75) is 44.1 Å². The lowest BCUT2D eigenvalue weighted by Crippen LogP contribution is -2.10. The average molecular weight is 407 g/mol. The van der Waals surface area contributed by atoms with Gasteiger partial charge in [0.15, 0.2) is 0 Å². The Kier molecular flexibility index (Phi) is 5.24. The van der Waals surface area contributed by atoms with Gasteiger partial charge in [0.25, 0.3) is 5.22 Å². The van der Waals surface area contributed by atoms with Crippen molar-refractivity contribution < 1.29 is 8.83 Å². The number of nitrogens with zero attached hydrogens (tertiary/aromatic N) is 4. The Labute approximate surface area is 173 Å². The zero-order valence-corrected chi connectivity index (χ0v) is 17.7. The second-order valence-corrected chi connectivity index (χ2v) is 8.78. The molecular weight excluding hydrogens is 384 g/mol. The molecule has 0 N–H and O–H groups in total. The summed E-state index contributed by atoms with van der Waals surface area (Å²) in [6, 6.07) is 16.2. The maximum atomic E-state index is 5.77. The second-order valence-electron chi connectivity index (χ2n) is 7.86. The SMILES string of the molecule is Cc1ccc(-c2nnc(CSc3nnc(-c4ccc(C(C)(C)C)cc4)o3)o2)cc1. The van der Waals surface area contributed by atoms with Gasteiger partial charge in [0.1, 0.15) is 0 Å². The van der Waals surface area contributed by atoms with Crippen molar-refractivity contribution in [1.29, 1.82) is 0 Å². The fourth-order valence-electron chi connectivity index (χ4n) is 2.75. The van der Waals surface area contributed by atoms with Gasteiger partial charge in [-0.25, -0.2) is 0 Å². The Bertz CT molecular complexity index is 1090. The zero-order chi connectivity index (χ0) is 20.4. The van der Waals surface area contributed by atoms with Crippen LogP contribution in [0.15, 0.2) is 62.6 Å². The minimum Gasteiger partial charge on any atom is -0.420 e. The third-order valence-electron chi connectivity index (χ3n) is 4.49. The van der Waals surface area contributed by atoms with Crippen LogP contribution in [0.5, 0.6) is 0 Å². The molecule has 0 radical (unpaired) electrons. The smallest absolute Gasteiger partial charge is 0.277 e. The van der Waals surface area contributed by atoms with Gasteiger partial charge in [-0.15, -0.1) is 20.4 Å². The summed E-state index contributed by atoms with van der Waals surface area (Å²) < 4.78 is 11.5. The van der Waals surface area contributed by atoms with Crippen molar-refractivity contribution >= 4 is 11.8 Å². The lowest BCUT2D eigenvalue weighted by atomic mass is 9.87. The molecule has 0 fully saturated rings. The molecule has 2 aromatic heterocycles. The van der Waals surface area contributed by atoms with Gasteiger partial charge in [-0.1, -0.05) is 62.4 Å². The molecule has 0 aliphatic rings. The molecule has 2 aromatic carbocycles. The molecule has 29 heavy (non-hydrogen) atoms. The summed E-state index contributed by atoms with van der Waals surface area (Å²) >= 11 is 1.37. The van der Waals surface area contributed by atoms with Crippen LogP contribution < -0.4 is 0 Å². The first-order valence-electron chi connectivity index (χ1n) is 9.35. The van der Waals surface area contributed by atoms with Crippen LogP contribution in [-0.4, -0.2) is 20.4 Å². The summed E-state index contributed by atoms with van der Waals surface area (Å²) in [4.78, 5) is 0. The molecule has 0 spiro atoms. The number of benzene rings is 2. The van der Waals surface area contributed by atoms with Gasteiger partial charge in [-0.05, 0) is 42.2 Å². The van der Waals surface area contributed by atoms with Crippen LogP contribution in [0.3, 0.4) is 0 Å². The third-order valence-corrected chi connectivity index (χ3v) is 5.29. The average Bonchev–Trinajstić information content (AvgIpc) is 3.36. The van der Waals surface area contributed by atoms with Gasteiger partial charge in [0.05, 0.1) is 5.75 Å². The van der Waals surface area contributed by atoms with Crippen molar-refractivity contribution in [3.05, 3.63) is 65.5 Å². The number of aryl methyl sites for hydroxylation is 1. The third kappa shape index (κ3) is 4.56. The van der Waals surface area contributed by atoms with Crippen LogP contribution >= 0.6 is 11.8 Å². The van der Waals surface area contributed by atoms with E-state index in [0.29, 0.717) is 28.6 Å². The number of hydrogen-bond acceptors (Lipinski definition) is 7. The first-order chi connectivity index (χ1) is 13.9. The van der Waals surface area contributed by atoms with E-state index in [-0.39, 0.29) is 5.41 Å². The Hall–Kier alpha value is -2.93. The number of thioether (sulfide) groups is 1. The quantitative estimate of drug-likeness (QED) is 0.394. The van der Waals surface area contributed by atoms with E-state index in [4.69, 9.17) is 8.83 Å². The molecule has 0 bridgehead atoms. The van der Waals surface area contributed by atoms with Crippen LogP contribution in [0.2, 0.25) is 0 Å². The first kappa shape index (κ1) is 19.4. The maximum absolute atomic E-state index is 5.77. The van der Waals surface area contributed by atoms with Crippen molar-refractivity contribution in [2.24, 2.45) is 0 Å². The summed E-state index contributed by atoms with van der Waals surface area (Å²) in [5, 5.41) is 16.9. The van der Waals surface area contributed by atoms with Crippen LogP contribution in [0, 0.1) is 6.92 Å².